The average molecular weight is 211 g/mol. The number of nitrogens with zero attached hydrogens (tertiary/aromatic N) is 1. The summed E-state index contributed by atoms with van der Waals surface area (Å²) in [4.78, 5) is 19.1. The van der Waals surface area contributed by atoms with E-state index in [1.807, 2.05) is 6.92 Å². The molecule has 0 atom stereocenters. The Morgan fingerprint density at radius 3 is 2.31 bits per heavy atom. The fourth-order valence-electron chi connectivity index (χ4n) is 1.04. The first-order valence-electron chi connectivity index (χ1n) is 4.37. The number of aliphatic hydroxyl groups is 1. The van der Waals surface area contributed by atoms with Crippen molar-refractivity contribution in [3.05, 3.63) is 0 Å². The smallest absolute Gasteiger partial charge is 0.339 e. The highest BCUT2D eigenvalue weighted by Crippen LogP contribution is 2.34. The molecule has 5 nitrogen and oxygen atoms in total. The molecule has 6 heteroatoms. The molecular weight excluding hydrogens is 193 g/mol. The Labute approximate surface area is 78.5 Å². The fraction of sp³-hybridized carbons (Fsp3) is 1.00. The highest BCUT2D eigenvalue weighted by atomic mass is 31.2. The van der Waals surface area contributed by atoms with Gasteiger partial charge in [-0.3, -0.25) is 9.46 Å². The van der Waals surface area contributed by atoms with Crippen molar-refractivity contribution in [3.8, 4) is 0 Å². The van der Waals surface area contributed by atoms with E-state index in [1.54, 1.807) is 4.90 Å². The van der Waals surface area contributed by atoms with Crippen molar-refractivity contribution in [1.29, 1.82) is 0 Å². The van der Waals surface area contributed by atoms with E-state index in [0.29, 0.717) is 19.5 Å². The van der Waals surface area contributed by atoms with Crippen LogP contribution in [0.5, 0.6) is 0 Å². The van der Waals surface area contributed by atoms with Crippen molar-refractivity contribution < 1.29 is 19.5 Å². The summed E-state index contributed by atoms with van der Waals surface area (Å²) >= 11 is 0. The molecule has 0 aromatic heterocycles. The monoisotopic (exact) mass is 211 g/mol. The first-order chi connectivity index (χ1) is 5.99. The molecule has 0 unspecified atom stereocenters. The van der Waals surface area contributed by atoms with Crippen LogP contribution in [-0.2, 0) is 4.57 Å². The minimum Gasteiger partial charge on any atom is -0.396 e. The van der Waals surface area contributed by atoms with Crippen LogP contribution in [0.25, 0.3) is 0 Å². The highest BCUT2D eigenvalue weighted by Gasteiger charge is 2.17. The Kier molecular flexibility index (Phi) is 6.55. The maximum absolute atomic E-state index is 10.6. The van der Waals surface area contributed by atoms with Crippen LogP contribution in [0, 0.1) is 0 Å². The van der Waals surface area contributed by atoms with Gasteiger partial charge < -0.3 is 14.9 Å². The molecule has 0 fully saturated rings. The third-order valence-corrected chi connectivity index (χ3v) is 2.48. The number of unbranched alkanes of at least 4 members (excludes halogenated alkanes) is 1. The quantitative estimate of drug-likeness (QED) is 0.414. The van der Waals surface area contributed by atoms with Gasteiger partial charge in [-0.05, 0) is 25.9 Å². The van der Waals surface area contributed by atoms with Crippen molar-refractivity contribution in [2.24, 2.45) is 0 Å². The summed E-state index contributed by atoms with van der Waals surface area (Å²) in [7, 11) is -3.92. The zero-order valence-corrected chi connectivity index (χ0v) is 8.78. The zero-order valence-electron chi connectivity index (χ0n) is 7.89. The lowest BCUT2D eigenvalue weighted by Gasteiger charge is -2.20. The van der Waals surface area contributed by atoms with Crippen LogP contribution < -0.4 is 0 Å². The Balaban J connectivity index is 3.70. The third kappa shape index (κ3) is 8.40. The fourth-order valence-corrected chi connectivity index (χ4v) is 1.90. The van der Waals surface area contributed by atoms with E-state index in [9.17, 15) is 4.57 Å². The molecule has 0 aliphatic carbocycles. The van der Waals surface area contributed by atoms with E-state index in [2.05, 4.69) is 0 Å². The molecule has 13 heavy (non-hydrogen) atoms. The summed E-state index contributed by atoms with van der Waals surface area (Å²) < 4.78 is 10.6. The molecule has 0 radical (unpaired) electrons. The molecule has 0 aromatic rings. The summed E-state index contributed by atoms with van der Waals surface area (Å²) in [6.45, 7) is 3.24. The van der Waals surface area contributed by atoms with Gasteiger partial charge in [0.15, 0.2) is 0 Å². The molecule has 0 rings (SSSR count). The molecule has 0 spiro atoms. The molecule has 0 aliphatic heterocycles. The maximum atomic E-state index is 10.6. The van der Waals surface area contributed by atoms with Crippen LogP contribution in [0.4, 0.5) is 0 Å². The van der Waals surface area contributed by atoms with Crippen molar-refractivity contribution in [1.82, 2.24) is 4.90 Å². The number of hydrogen-bond acceptors (Lipinski definition) is 3. The molecule has 0 aromatic carbocycles. The minimum absolute atomic E-state index is 0.132. The lowest BCUT2D eigenvalue weighted by molar-refractivity contribution is 0.252. The van der Waals surface area contributed by atoms with Gasteiger partial charge in [-0.1, -0.05) is 6.92 Å². The lowest BCUT2D eigenvalue weighted by atomic mass is 10.3. The second-order valence-corrected chi connectivity index (χ2v) is 4.56. The molecule has 0 saturated carbocycles. The molecule has 0 bridgehead atoms. The summed E-state index contributed by atoms with van der Waals surface area (Å²) in [6, 6.07) is 0. The van der Waals surface area contributed by atoms with E-state index >= 15 is 0 Å². The maximum Gasteiger partial charge on any atom is 0.339 e. The van der Waals surface area contributed by atoms with Gasteiger partial charge in [-0.25, -0.2) is 0 Å². The first-order valence-corrected chi connectivity index (χ1v) is 6.17. The molecule has 0 saturated heterocycles. The largest absolute Gasteiger partial charge is 0.396 e. The van der Waals surface area contributed by atoms with Crippen molar-refractivity contribution >= 4 is 7.60 Å². The van der Waals surface area contributed by atoms with E-state index in [0.717, 1.165) is 6.42 Å². The molecule has 3 N–H and O–H groups in total. The SMILES string of the molecule is CCN(CCCCO)CP(=O)(O)O. The average Bonchev–Trinajstić information content (AvgIpc) is 2.01. The molecule has 0 heterocycles. The zero-order chi connectivity index (χ0) is 10.3. The summed E-state index contributed by atoms with van der Waals surface area (Å²) in [6.07, 6.45) is 1.26. The van der Waals surface area contributed by atoms with E-state index in [1.165, 1.54) is 0 Å². The van der Waals surface area contributed by atoms with E-state index < -0.39 is 7.60 Å². The van der Waals surface area contributed by atoms with Crippen LogP contribution in [0.15, 0.2) is 0 Å². The van der Waals surface area contributed by atoms with Gasteiger partial charge in [-0.2, -0.15) is 0 Å². The molecule has 80 valence electrons. The van der Waals surface area contributed by atoms with Crippen LogP contribution in [0.2, 0.25) is 0 Å². The van der Waals surface area contributed by atoms with Gasteiger partial charge in [0.05, 0.1) is 0 Å². The molecule has 0 amide bonds. The number of rotatable bonds is 7. The van der Waals surface area contributed by atoms with E-state index in [4.69, 9.17) is 14.9 Å². The van der Waals surface area contributed by atoms with E-state index in [-0.39, 0.29) is 12.9 Å². The predicted molar refractivity (Wildman–Crippen MR) is 50.5 cm³/mol. The summed E-state index contributed by atoms with van der Waals surface area (Å²) in [5.41, 5.74) is 0. The standard InChI is InChI=1S/C7H18NO4P/c1-2-8(5-3-4-6-9)7-13(10,11)12/h9H,2-7H2,1H3,(H2,10,11,12). The van der Waals surface area contributed by atoms with Gasteiger partial charge in [0.2, 0.25) is 0 Å². The van der Waals surface area contributed by atoms with Gasteiger partial charge in [-0.15, -0.1) is 0 Å². The van der Waals surface area contributed by atoms with Crippen molar-refractivity contribution in [2.75, 3.05) is 26.0 Å². The second kappa shape index (κ2) is 6.51. The highest BCUT2D eigenvalue weighted by molar-refractivity contribution is 7.51. The second-order valence-electron chi connectivity index (χ2n) is 2.95. The molecule has 0 aliphatic rings. The Bertz CT molecular complexity index is 170. The predicted octanol–water partition coefficient (Wildman–Crippen LogP) is 0.216. The first kappa shape index (κ1) is 13.1. The van der Waals surface area contributed by atoms with Gasteiger partial charge in [0.1, 0.15) is 6.29 Å². The topological polar surface area (TPSA) is 81.0 Å². The Morgan fingerprint density at radius 1 is 1.31 bits per heavy atom. The summed E-state index contributed by atoms with van der Waals surface area (Å²) in [5.74, 6) is 0. The van der Waals surface area contributed by atoms with Crippen LogP contribution in [0.1, 0.15) is 19.8 Å². The van der Waals surface area contributed by atoms with Gasteiger partial charge in [0.25, 0.3) is 0 Å². The van der Waals surface area contributed by atoms with Crippen molar-refractivity contribution in [2.45, 2.75) is 19.8 Å². The van der Waals surface area contributed by atoms with Gasteiger partial charge in [0, 0.05) is 6.61 Å². The van der Waals surface area contributed by atoms with Crippen LogP contribution >= 0.6 is 7.60 Å². The van der Waals surface area contributed by atoms with Crippen LogP contribution in [-0.4, -0.2) is 45.8 Å². The number of hydrogen-bond donors (Lipinski definition) is 3. The number of aliphatic hydroxyl groups excluding tert-OH is 1. The van der Waals surface area contributed by atoms with Crippen LogP contribution in [0.3, 0.4) is 0 Å². The Hall–Kier alpha value is 0.0700. The van der Waals surface area contributed by atoms with Crippen molar-refractivity contribution in [3.63, 3.8) is 0 Å². The lowest BCUT2D eigenvalue weighted by Crippen LogP contribution is -2.25. The summed E-state index contributed by atoms with van der Waals surface area (Å²) in [5, 5.41) is 8.51. The minimum atomic E-state index is -3.92. The molecular formula is C7H18NO4P. The normalized spacial score (nSPS) is 12.4. The third-order valence-electron chi connectivity index (χ3n) is 1.71. The van der Waals surface area contributed by atoms with Gasteiger partial charge >= 0.3 is 7.60 Å². The Morgan fingerprint density at radius 2 is 1.92 bits per heavy atom.